The Kier molecular flexibility index (Phi) is 3.85. The highest BCUT2D eigenvalue weighted by Gasteiger charge is 2.36. The Bertz CT molecular complexity index is 248. The van der Waals surface area contributed by atoms with Crippen molar-refractivity contribution in [2.24, 2.45) is 5.92 Å². The van der Waals surface area contributed by atoms with Gasteiger partial charge in [0.1, 0.15) is 0 Å². The van der Waals surface area contributed by atoms with Crippen LogP contribution in [0.3, 0.4) is 0 Å². The number of hydrogen-bond acceptors (Lipinski definition) is 2. The Hall–Kier alpha value is -0.570. The molecule has 3 nitrogen and oxygen atoms in total. The number of hydrogen-bond donors (Lipinski definition) is 1. The van der Waals surface area contributed by atoms with E-state index in [2.05, 4.69) is 17.1 Å². The molecule has 0 bridgehead atoms. The standard InChI is InChI=1S/C13H24N2O/c1-10(11-6-4-3-5-7-11)15-9-8-12(14-2)13(15)16/h10-12,14H,3-9H2,1-2H3. The van der Waals surface area contributed by atoms with Crippen molar-refractivity contribution >= 4 is 5.91 Å². The number of nitrogens with one attached hydrogen (secondary N) is 1. The molecule has 2 rings (SSSR count). The minimum atomic E-state index is 0.0750. The summed E-state index contributed by atoms with van der Waals surface area (Å²) in [4.78, 5) is 14.2. The Morgan fingerprint density at radius 2 is 1.94 bits per heavy atom. The lowest BCUT2D eigenvalue weighted by molar-refractivity contribution is -0.132. The zero-order valence-corrected chi connectivity index (χ0v) is 10.5. The molecule has 1 saturated carbocycles. The molecule has 1 saturated heterocycles. The Balaban J connectivity index is 1.94. The molecule has 2 unspecified atom stereocenters. The highest BCUT2D eigenvalue weighted by atomic mass is 16.2. The van der Waals surface area contributed by atoms with E-state index in [-0.39, 0.29) is 6.04 Å². The van der Waals surface area contributed by atoms with Crippen LogP contribution >= 0.6 is 0 Å². The zero-order valence-electron chi connectivity index (χ0n) is 10.5. The monoisotopic (exact) mass is 224 g/mol. The van der Waals surface area contributed by atoms with E-state index in [1.54, 1.807) is 0 Å². The van der Waals surface area contributed by atoms with Gasteiger partial charge in [0.05, 0.1) is 6.04 Å². The Morgan fingerprint density at radius 1 is 1.25 bits per heavy atom. The molecule has 16 heavy (non-hydrogen) atoms. The normalized spacial score (nSPS) is 29.8. The highest BCUT2D eigenvalue weighted by Crippen LogP contribution is 2.30. The summed E-state index contributed by atoms with van der Waals surface area (Å²) in [5.41, 5.74) is 0. The smallest absolute Gasteiger partial charge is 0.240 e. The summed E-state index contributed by atoms with van der Waals surface area (Å²) in [6, 6.07) is 0.525. The maximum absolute atomic E-state index is 12.1. The highest BCUT2D eigenvalue weighted by molar-refractivity contribution is 5.84. The van der Waals surface area contributed by atoms with Crippen LogP contribution in [0.15, 0.2) is 0 Å². The lowest BCUT2D eigenvalue weighted by Gasteiger charge is -2.34. The second-order valence-corrected chi connectivity index (χ2v) is 5.30. The Labute approximate surface area is 98.6 Å². The molecule has 0 radical (unpaired) electrons. The van der Waals surface area contributed by atoms with E-state index < -0.39 is 0 Å². The van der Waals surface area contributed by atoms with Gasteiger partial charge in [-0.05, 0) is 39.2 Å². The fourth-order valence-electron chi connectivity index (χ4n) is 3.25. The van der Waals surface area contributed by atoms with Crippen LogP contribution in [0.2, 0.25) is 0 Å². The molecule has 2 aliphatic rings. The molecule has 92 valence electrons. The fourth-order valence-corrected chi connectivity index (χ4v) is 3.25. The average molecular weight is 224 g/mol. The van der Waals surface area contributed by atoms with Gasteiger partial charge in [-0.25, -0.2) is 0 Å². The summed E-state index contributed by atoms with van der Waals surface area (Å²) in [5, 5.41) is 3.11. The number of nitrogens with zero attached hydrogens (tertiary/aromatic N) is 1. The van der Waals surface area contributed by atoms with E-state index in [1.807, 2.05) is 7.05 Å². The second-order valence-electron chi connectivity index (χ2n) is 5.30. The van der Waals surface area contributed by atoms with Crippen molar-refractivity contribution < 1.29 is 4.79 Å². The third kappa shape index (κ3) is 2.24. The Morgan fingerprint density at radius 3 is 2.50 bits per heavy atom. The first kappa shape index (κ1) is 11.9. The molecule has 1 heterocycles. The molecule has 1 amide bonds. The first-order chi connectivity index (χ1) is 7.74. The van der Waals surface area contributed by atoms with E-state index in [1.165, 1.54) is 32.1 Å². The summed E-state index contributed by atoms with van der Waals surface area (Å²) in [6.45, 7) is 3.19. The lowest BCUT2D eigenvalue weighted by atomic mass is 9.84. The van der Waals surface area contributed by atoms with Crippen molar-refractivity contribution in [2.75, 3.05) is 13.6 Å². The summed E-state index contributed by atoms with van der Waals surface area (Å²) in [7, 11) is 1.89. The molecular weight excluding hydrogens is 200 g/mol. The number of carbonyl (C=O) groups is 1. The van der Waals surface area contributed by atoms with Crippen LogP contribution in [0.4, 0.5) is 0 Å². The summed E-state index contributed by atoms with van der Waals surface area (Å²) >= 11 is 0. The maximum atomic E-state index is 12.1. The number of amides is 1. The molecule has 2 atom stereocenters. The number of likely N-dealkylation sites (N-methyl/N-ethyl adjacent to an activating group) is 1. The molecule has 1 N–H and O–H groups in total. The van der Waals surface area contributed by atoms with Crippen molar-refractivity contribution in [1.29, 1.82) is 0 Å². The van der Waals surface area contributed by atoms with Gasteiger partial charge in [-0.15, -0.1) is 0 Å². The van der Waals surface area contributed by atoms with Crippen LogP contribution in [-0.2, 0) is 4.79 Å². The fraction of sp³-hybridized carbons (Fsp3) is 0.923. The predicted molar refractivity (Wildman–Crippen MR) is 65.2 cm³/mol. The van der Waals surface area contributed by atoms with Gasteiger partial charge in [-0.2, -0.15) is 0 Å². The number of rotatable bonds is 3. The van der Waals surface area contributed by atoms with Gasteiger partial charge < -0.3 is 10.2 Å². The molecule has 0 spiro atoms. The third-order valence-electron chi connectivity index (χ3n) is 4.41. The van der Waals surface area contributed by atoms with Crippen LogP contribution in [0.5, 0.6) is 0 Å². The SMILES string of the molecule is CNC1CCN(C(C)C2CCCCC2)C1=O. The predicted octanol–water partition coefficient (Wildman–Crippen LogP) is 1.78. The first-order valence-corrected chi connectivity index (χ1v) is 6.71. The zero-order chi connectivity index (χ0) is 11.5. The van der Waals surface area contributed by atoms with Crippen LogP contribution in [0, 0.1) is 5.92 Å². The van der Waals surface area contributed by atoms with Crippen molar-refractivity contribution in [3.05, 3.63) is 0 Å². The van der Waals surface area contributed by atoms with Crippen LogP contribution in [-0.4, -0.2) is 36.5 Å². The van der Waals surface area contributed by atoms with E-state index >= 15 is 0 Å². The minimum absolute atomic E-state index is 0.0750. The van der Waals surface area contributed by atoms with Gasteiger partial charge in [0.15, 0.2) is 0 Å². The van der Waals surface area contributed by atoms with Crippen molar-refractivity contribution in [1.82, 2.24) is 10.2 Å². The average Bonchev–Trinajstić information content (AvgIpc) is 2.70. The largest absolute Gasteiger partial charge is 0.338 e. The van der Waals surface area contributed by atoms with Gasteiger partial charge in [-0.3, -0.25) is 4.79 Å². The number of likely N-dealkylation sites (tertiary alicyclic amines) is 1. The molecule has 1 aliphatic heterocycles. The van der Waals surface area contributed by atoms with Crippen molar-refractivity contribution in [2.45, 2.75) is 57.5 Å². The molecular formula is C13H24N2O. The van der Waals surface area contributed by atoms with E-state index in [4.69, 9.17) is 0 Å². The molecule has 0 aromatic heterocycles. The first-order valence-electron chi connectivity index (χ1n) is 6.71. The van der Waals surface area contributed by atoms with Gasteiger partial charge in [0.2, 0.25) is 5.91 Å². The van der Waals surface area contributed by atoms with Crippen LogP contribution in [0.1, 0.15) is 45.4 Å². The van der Waals surface area contributed by atoms with Gasteiger partial charge in [0, 0.05) is 12.6 Å². The van der Waals surface area contributed by atoms with Crippen molar-refractivity contribution in [3.8, 4) is 0 Å². The van der Waals surface area contributed by atoms with Gasteiger partial charge >= 0.3 is 0 Å². The van der Waals surface area contributed by atoms with E-state index in [9.17, 15) is 4.79 Å². The summed E-state index contributed by atoms with van der Waals surface area (Å²) in [6.07, 6.45) is 7.70. The van der Waals surface area contributed by atoms with Crippen LogP contribution in [0.25, 0.3) is 0 Å². The molecule has 2 fully saturated rings. The second kappa shape index (κ2) is 5.17. The molecule has 1 aliphatic carbocycles. The topological polar surface area (TPSA) is 32.3 Å². The molecule has 0 aromatic carbocycles. The number of carbonyl (C=O) groups excluding carboxylic acids is 1. The van der Waals surface area contributed by atoms with Crippen LogP contribution < -0.4 is 5.32 Å². The third-order valence-corrected chi connectivity index (χ3v) is 4.41. The van der Waals surface area contributed by atoms with E-state index in [0.29, 0.717) is 11.9 Å². The lowest BCUT2D eigenvalue weighted by Crippen LogP contribution is -2.44. The summed E-state index contributed by atoms with van der Waals surface area (Å²) < 4.78 is 0. The maximum Gasteiger partial charge on any atom is 0.240 e. The quantitative estimate of drug-likeness (QED) is 0.792. The van der Waals surface area contributed by atoms with Gasteiger partial charge in [0.25, 0.3) is 0 Å². The molecule has 0 aromatic rings. The summed E-state index contributed by atoms with van der Waals surface area (Å²) in [5.74, 6) is 1.06. The van der Waals surface area contributed by atoms with Crippen molar-refractivity contribution in [3.63, 3.8) is 0 Å². The minimum Gasteiger partial charge on any atom is -0.338 e. The molecule has 3 heteroatoms. The van der Waals surface area contributed by atoms with Gasteiger partial charge in [-0.1, -0.05) is 19.3 Å². The van der Waals surface area contributed by atoms with E-state index in [0.717, 1.165) is 18.9 Å².